The molecule has 92 valence electrons. The highest BCUT2D eigenvalue weighted by Crippen LogP contribution is 2.31. The van der Waals surface area contributed by atoms with Gasteiger partial charge in [0.15, 0.2) is 0 Å². The third kappa shape index (κ3) is 3.01. The van der Waals surface area contributed by atoms with Gasteiger partial charge >= 0.3 is 0 Å². The van der Waals surface area contributed by atoms with Gasteiger partial charge in [-0.2, -0.15) is 0 Å². The Morgan fingerprint density at radius 3 is 3.06 bits per heavy atom. The number of hydrogen-bond donors (Lipinski definition) is 1. The van der Waals surface area contributed by atoms with Gasteiger partial charge in [0.25, 0.3) is 0 Å². The SMILES string of the molecule is c1cc2c(cc1CCNCCC1CC1)CCO2. The van der Waals surface area contributed by atoms with Gasteiger partial charge < -0.3 is 10.1 Å². The van der Waals surface area contributed by atoms with Gasteiger partial charge in [-0.3, -0.25) is 0 Å². The van der Waals surface area contributed by atoms with Crippen molar-refractivity contribution in [3.63, 3.8) is 0 Å². The predicted molar refractivity (Wildman–Crippen MR) is 69.6 cm³/mol. The Labute approximate surface area is 103 Å². The number of ether oxygens (including phenoxy) is 1. The maximum absolute atomic E-state index is 5.51. The second kappa shape index (κ2) is 5.09. The van der Waals surface area contributed by atoms with Crippen LogP contribution < -0.4 is 10.1 Å². The number of hydrogen-bond acceptors (Lipinski definition) is 2. The Bertz CT molecular complexity index is 385. The molecule has 0 radical (unpaired) electrons. The molecule has 1 heterocycles. The van der Waals surface area contributed by atoms with Gasteiger partial charge in [-0.15, -0.1) is 0 Å². The molecule has 0 unspecified atom stereocenters. The average molecular weight is 231 g/mol. The summed E-state index contributed by atoms with van der Waals surface area (Å²) >= 11 is 0. The maximum Gasteiger partial charge on any atom is 0.122 e. The summed E-state index contributed by atoms with van der Waals surface area (Å²) in [5.41, 5.74) is 2.83. The highest BCUT2D eigenvalue weighted by Gasteiger charge is 2.19. The van der Waals surface area contributed by atoms with Crippen LogP contribution >= 0.6 is 0 Å². The largest absolute Gasteiger partial charge is 0.493 e. The van der Waals surface area contributed by atoms with Crippen LogP contribution in [0.1, 0.15) is 30.4 Å². The van der Waals surface area contributed by atoms with E-state index in [1.807, 2.05) is 0 Å². The first-order chi connectivity index (χ1) is 8.42. The van der Waals surface area contributed by atoms with Gasteiger partial charge in [-0.05, 0) is 49.0 Å². The Morgan fingerprint density at radius 1 is 1.24 bits per heavy atom. The first-order valence-corrected chi connectivity index (χ1v) is 6.87. The molecule has 1 aliphatic heterocycles. The quantitative estimate of drug-likeness (QED) is 0.760. The van der Waals surface area contributed by atoms with E-state index >= 15 is 0 Å². The third-order valence-corrected chi connectivity index (χ3v) is 3.77. The van der Waals surface area contributed by atoms with Crippen molar-refractivity contribution < 1.29 is 4.74 Å². The molecule has 0 aromatic heterocycles. The van der Waals surface area contributed by atoms with E-state index in [0.717, 1.165) is 37.7 Å². The van der Waals surface area contributed by atoms with Gasteiger partial charge in [-0.1, -0.05) is 25.0 Å². The number of benzene rings is 1. The number of rotatable bonds is 6. The molecule has 1 aliphatic carbocycles. The Hall–Kier alpha value is -1.02. The molecule has 2 nitrogen and oxygen atoms in total. The van der Waals surface area contributed by atoms with Gasteiger partial charge in [0.1, 0.15) is 5.75 Å². The fraction of sp³-hybridized carbons (Fsp3) is 0.600. The molecule has 0 saturated heterocycles. The van der Waals surface area contributed by atoms with Gasteiger partial charge in [0.2, 0.25) is 0 Å². The molecule has 1 aromatic carbocycles. The summed E-state index contributed by atoms with van der Waals surface area (Å²) in [6.07, 6.45) is 6.52. The molecule has 1 N–H and O–H groups in total. The van der Waals surface area contributed by atoms with Crippen LogP contribution in [0.3, 0.4) is 0 Å². The number of fused-ring (bicyclic) bond motifs is 1. The normalized spacial score (nSPS) is 17.9. The summed E-state index contributed by atoms with van der Waals surface area (Å²) in [5, 5.41) is 3.54. The number of nitrogens with one attached hydrogen (secondary N) is 1. The molecule has 1 fully saturated rings. The van der Waals surface area contributed by atoms with Crippen molar-refractivity contribution in [1.29, 1.82) is 0 Å². The summed E-state index contributed by atoms with van der Waals surface area (Å²) in [5.74, 6) is 2.13. The molecule has 0 amide bonds. The van der Waals surface area contributed by atoms with Gasteiger partial charge in [0.05, 0.1) is 6.61 Å². The standard InChI is InChI=1S/C15H21NO/c1-2-12(1)5-8-16-9-6-13-3-4-15-14(11-13)7-10-17-15/h3-4,11-12,16H,1-2,5-10H2. The second-order valence-corrected chi connectivity index (χ2v) is 5.27. The van der Waals surface area contributed by atoms with E-state index in [2.05, 4.69) is 23.5 Å². The molecular formula is C15H21NO. The van der Waals surface area contributed by atoms with Crippen LogP contribution in [0.2, 0.25) is 0 Å². The van der Waals surface area contributed by atoms with E-state index in [0.29, 0.717) is 0 Å². The monoisotopic (exact) mass is 231 g/mol. The van der Waals surface area contributed by atoms with Crippen LogP contribution in [0, 0.1) is 5.92 Å². The lowest BCUT2D eigenvalue weighted by molar-refractivity contribution is 0.357. The molecule has 1 saturated carbocycles. The second-order valence-electron chi connectivity index (χ2n) is 5.27. The van der Waals surface area contributed by atoms with E-state index in [1.54, 1.807) is 0 Å². The lowest BCUT2D eigenvalue weighted by Crippen LogP contribution is -2.18. The highest BCUT2D eigenvalue weighted by atomic mass is 16.5. The van der Waals surface area contributed by atoms with Gasteiger partial charge in [0, 0.05) is 6.42 Å². The summed E-state index contributed by atoms with van der Waals surface area (Å²) in [6.45, 7) is 3.16. The average Bonchev–Trinajstić information content (AvgIpc) is 3.05. The fourth-order valence-corrected chi connectivity index (χ4v) is 2.47. The summed E-state index contributed by atoms with van der Waals surface area (Å²) in [4.78, 5) is 0. The zero-order chi connectivity index (χ0) is 11.5. The van der Waals surface area contributed by atoms with E-state index in [9.17, 15) is 0 Å². The first kappa shape index (κ1) is 11.1. The minimum atomic E-state index is 0.860. The predicted octanol–water partition coefficient (Wildman–Crippen LogP) is 2.55. The van der Waals surface area contributed by atoms with Crippen molar-refractivity contribution in [2.45, 2.75) is 32.1 Å². The first-order valence-electron chi connectivity index (χ1n) is 6.87. The molecule has 1 aromatic rings. The van der Waals surface area contributed by atoms with E-state index < -0.39 is 0 Å². The lowest BCUT2D eigenvalue weighted by Gasteiger charge is -2.06. The summed E-state index contributed by atoms with van der Waals surface area (Å²) in [7, 11) is 0. The van der Waals surface area contributed by atoms with E-state index in [-0.39, 0.29) is 0 Å². The fourth-order valence-electron chi connectivity index (χ4n) is 2.47. The zero-order valence-electron chi connectivity index (χ0n) is 10.4. The molecule has 2 heteroatoms. The molecule has 3 rings (SSSR count). The summed E-state index contributed by atoms with van der Waals surface area (Å²) in [6, 6.07) is 6.64. The van der Waals surface area contributed by atoms with Crippen LogP contribution in [-0.2, 0) is 12.8 Å². The van der Waals surface area contributed by atoms with E-state index in [1.165, 1.54) is 36.9 Å². The summed E-state index contributed by atoms with van der Waals surface area (Å²) < 4.78 is 5.51. The Morgan fingerprint density at radius 2 is 2.18 bits per heavy atom. The highest BCUT2D eigenvalue weighted by molar-refractivity contribution is 5.39. The Kier molecular flexibility index (Phi) is 3.32. The third-order valence-electron chi connectivity index (χ3n) is 3.77. The van der Waals surface area contributed by atoms with Crippen LogP contribution in [-0.4, -0.2) is 19.7 Å². The molecular weight excluding hydrogens is 210 g/mol. The van der Waals surface area contributed by atoms with Crippen molar-refractivity contribution in [2.75, 3.05) is 19.7 Å². The van der Waals surface area contributed by atoms with E-state index in [4.69, 9.17) is 4.74 Å². The van der Waals surface area contributed by atoms with Crippen molar-refractivity contribution in [3.05, 3.63) is 29.3 Å². The van der Waals surface area contributed by atoms with Crippen molar-refractivity contribution in [3.8, 4) is 5.75 Å². The zero-order valence-corrected chi connectivity index (χ0v) is 10.4. The molecule has 0 spiro atoms. The molecule has 17 heavy (non-hydrogen) atoms. The lowest BCUT2D eigenvalue weighted by atomic mass is 10.1. The minimum absolute atomic E-state index is 0.860. The van der Waals surface area contributed by atoms with Crippen LogP contribution in [0.25, 0.3) is 0 Å². The van der Waals surface area contributed by atoms with Gasteiger partial charge in [-0.25, -0.2) is 0 Å². The smallest absolute Gasteiger partial charge is 0.122 e. The van der Waals surface area contributed by atoms with Crippen LogP contribution in [0.5, 0.6) is 5.75 Å². The molecule has 2 aliphatic rings. The molecule has 0 bridgehead atoms. The molecule has 0 atom stereocenters. The van der Waals surface area contributed by atoms with Crippen LogP contribution in [0.4, 0.5) is 0 Å². The maximum atomic E-state index is 5.51. The van der Waals surface area contributed by atoms with Crippen LogP contribution in [0.15, 0.2) is 18.2 Å². The minimum Gasteiger partial charge on any atom is -0.493 e. The van der Waals surface area contributed by atoms with Crippen molar-refractivity contribution in [1.82, 2.24) is 5.32 Å². The topological polar surface area (TPSA) is 21.3 Å². The van der Waals surface area contributed by atoms with Crippen molar-refractivity contribution in [2.24, 2.45) is 5.92 Å². The van der Waals surface area contributed by atoms with Crippen molar-refractivity contribution >= 4 is 0 Å². The Balaban J connectivity index is 1.41.